The third kappa shape index (κ3) is 2.80. The topological polar surface area (TPSA) is 57.6 Å². The summed E-state index contributed by atoms with van der Waals surface area (Å²) in [4.78, 5) is 23.3. The number of aliphatic carboxylic acids is 1. The molecule has 0 aliphatic carbocycles. The van der Waals surface area contributed by atoms with Crippen LogP contribution in [0.3, 0.4) is 0 Å². The minimum atomic E-state index is -1.39. The molecule has 4 heteroatoms. The summed E-state index contributed by atoms with van der Waals surface area (Å²) in [7, 11) is 3.70. The molecule has 0 saturated heterocycles. The monoisotopic (exact) mass is 207 g/mol. The number of ketones is 1. The molecule has 0 saturated carbocycles. The summed E-state index contributed by atoms with van der Waals surface area (Å²) in [5, 5.41) is 8.51. The number of carboxylic acid groups (broad SMARTS) is 1. The van der Waals surface area contributed by atoms with E-state index in [1.54, 1.807) is 12.1 Å². The number of carbonyl (C=O) groups excluding carboxylic acids is 1. The maximum absolute atomic E-state index is 11.1. The number of carboxylic acids is 1. The quantitative estimate of drug-likeness (QED) is 0.747. The van der Waals surface area contributed by atoms with Crippen molar-refractivity contribution in [2.45, 2.75) is 6.42 Å². The molecule has 0 heterocycles. The Bertz CT molecular complexity index is 385. The fourth-order valence-corrected chi connectivity index (χ4v) is 1.35. The Balaban J connectivity index is 2.94. The van der Waals surface area contributed by atoms with Crippen LogP contribution in [0.5, 0.6) is 0 Å². The molecule has 1 aromatic rings. The van der Waals surface area contributed by atoms with E-state index in [4.69, 9.17) is 5.11 Å². The van der Waals surface area contributed by atoms with Crippen molar-refractivity contribution in [3.63, 3.8) is 0 Å². The van der Waals surface area contributed by atoms with E-state index in [9.17, 15) is 9.59 Å². The van der Waals surface area contributed by atoms with Crippen LogP contribution < -0.4 is 4.90 Å². The fourth-order valence-electron chi connectivity index (χ4n) is 1.35. The van der Waals surface area contributed by atoms with Crippen molar-refractivity contribution >= 4 is 17.4 Å². The van der Waals surface area contributed by atoms with E-state index in [1.807, 2.05) is 31.1 Å². The number of Topliss-reactive ketones (excluding diaryl/α,β-unsaturated/α-hetero) is 1. The van der Waals surface area contributed by atoms with Crippen molar-refractivity contribution in [1.29, 1.82) is 0 Å². The van der Waals surface area contributed by atoms with Gasteiger partial charge in [0, 0.05) is 26.2 Å². The molecule has 15 heavy (non-hydrogen) atoms. The van der Waals surface area contributed by atoms with Crippen LogP contribution in [-0.4, -0.2) is 31.0 Å². The first kappa shape index (κ1) is 11.2. The Morgan fingerprint density at radius 2 is 1.87 bits per heavy atom. The minimum absolute atomic E-state index is 0.0658. The molecule has 0 aliphatic heterocycles. The van der Waals surface area contributed by atoms with Crippen LogP contribution >= 0.6 is 0 Å². The van der Waals surface area contributed by atoms with Gasteiger partial charge < -0.3 is 10.0 Å². The van der Waals surface area contributed by atoms with Crippen molar-refractivity contribution in [3.05, 3.63) is 29.8 Å². The van der Waals surface area contributed by atoms with Gasteiger partial charge in [0.25, 0.3) is 0 Å². The first-order valence-electron chi connectivity index (χ1n) is 4.53. The van der Waals surface area contributed by atoms with Crippen LogP contribution in [0, 0.1) is 0 Å². The van der Waals surface area contributed by atoms with Crippen LogP contribution in [0.1, 0.15) is 5.56 Å². The van der Waals surface area contributed by atoms with E-state index < -0.39 is 11.8 Å². The van der Waals surface area contributed by atoms with Crippen LogP contribution in [0.25, 0.3) is 0 Å². The lowest BCUT2D eigenvalue weighted by molar-refractivity contribution is -0.148. The van der Waals surface area contributed by atoms with E-state index in [0.29, 0.717) is 0 Å². The molecule has 0 unspecified atom stereocenters. The van der Waals surface area contributed by atoms with Crippen LogP contribution in [-0.2, 0) is 16.0 Å². The highest BCUT2D eigenvalue weighted by Gasteiger charge is 2.14. The van der Waals surface area contributed by atoms with Crippen molar-refractivity contribution < 1.29 is 14.7 Å². The third-order valence-corrected chi connectivity index (χ3v) is 2.06. The van der Waals surface area contributed by atoms with Gasteiger partial charge in [-0.2, -0.15) is 0 Å². The molecule has 0 amide bonds. The average Bonchev–Trinajstić information content (AvgIpc) is 2.18. The van der Waals surface area contributed by atoms with Gasteiger partial charge in [-0.05, 0) is 11.6 Å². The Hall–Kier alpha value is -1.84. The van der Waals surface area contributed by atoms with Gasteiger partial charge in [0.1, 0.15) is 0 Å². The van der Waals surface area contributed by atoms with Gasteiger partial charge in [0.15, 0.2) is 0 Å². The molecule has 0 atom stereocenters. The molecule has 4 nitrogen and oxygen atoms in total. The lowest BCUT2D eigenvalue weighted by Gasteiger charge is -2.16. The smallest absolute Gasteiger partial charge is 0.372 e. The maximum Gasteiger partial charge on any atom is 0.372 e. The molecular weight excluding hydrogens is 194 g/mol. The average molecular weight is 207 g/mol. The molecular formula is C11H13NO3. The summed E-state index contributed by atoms with van der Waals surface area (Å²) >= 11 is 0. The number of hydrogen-bond donors (Lipinski definition) is 1. The zero-order valence-electron chi connectivity index (χ0n) is 8.73. The Kier molecular flexibility index (Phi) is 3.44. The van der Waals surface area contributed by atoms with Gasteiger partial charge in [0.05, 0.1) is 0 Å². The molecule has 0 radical (unpaired) electrons. The molecule has 80 valence electrons. The number of carbonyl (C=O) groups is 2. The fraction of sp³-hybridized carbons (Fsp3) is 0.273. The second-order valence-corrected chi connectivity index (χ2v) is 3.43. The van der Waals surface area contributed by atoms with Crippen LogP contribution in [0.4, 0.5) is 5.69 Å². The predicted molar refractivity (Wildman–Crippen MR) is 57.1 cm³/mol. The number of rotatable bonds is 4. The number of anilines is 1. The second kappa shape index (κ2) is 4.59. The summed E-state index contributed by atoms with van der Waals surface area (Å²) < 4.78 is 0. The van der Waals surface area contributed by atoms with Gasteiger partial charge >= 0.3 is 5.97 Å². The Labute approximate surface area is 88.1 Å². The summed E-state index contributed by atoms with van der Waals surface area (Å²) in [6.07, 6.45) is -0.0658. The van der Waals surface area contributed by atoms with Gasteiger partial charge in [-0.25, -0.2) is 4.79 Å². The molecule has 0 spiro atoms. The molecule has 0 aliphatic rings. The SMILES string of the molecule is CN(C)c1ccccc1CC(=O)C(=O)O. The van der Waals surface area contributed by atoms with Crippen molar-refractivity contribution in [2.75, 3.05) is 19.0 Å². The molecule has 1 aromatic carbocycles. The van der Waals surface area contributed by atoms with E-state index >= 15 is 0 Å². The van der Waals surface area contributed by atoms with Crippen molar-refractivity contribution in [3.8, 4) is 0 Å². The molecule has 0 fully saturated rings. The zero-order chi connectivity index (χ0) is 11.4. The van der Waals surface area contributed by atoms with E-state index in [0.717, 1.165) is 11.3 Å². The standard InChI is InChI=1S/C11H13NO3/c1-12(2)9-6-4-3-5-8(9)7-10(13)11(14)15/h3-6H,7H2,1-2H3,(H,14,15). The first-order chi connectivity index (χ1) is 7.02. The van der Waals surface area contributed by atoms with Gasteiger partial charge in [0.2, 0.25) is 5.78 Å². The Morgan fingerprint density at radius 1 is 1.27 bits per heavy atom. The largest absolute Gasteiger partial charge is 0.475 e. The highest BCUT2D eigenvalue weighted by Crippen LogP contribution is 2.18. The lowest BCUT2D eigenvalue weighted by atomic mass is 10.1. The predicted octanol–water partition coefficient (Wildman–Crippen LogP) is 0.949. The number of nitrogens with zero attached hydrogens (tertiary/aromatic N) is 1. The van der Waals surface area contributed by atoms with Crippen molar-refractivity contribution in [1.82, 2.24) is 0 Å². The summed E-state index contributed by atoms with van der Waals surface area (Å²) in [6, 6.07) is 7.25. The van der Waals surface area contributed by atoms with E-state index in [1.165, 1.54) is 0 Å². The molecule has 0 aromatic heterocycles. The number of hydrogen-bond acceptors (Lipinski definition) is 3. The third-order valence-electron chi connectivity index (χ3n) is 2.06. The normalized spacial score (nSPS) is 9.73. The molecule has 1 N–H and O–H groups in total. The first-order valence-corrected chi connectivity index (χ1v) is 4.53. The zero-order valence-corrected chi connectivity index (χ0v) is 8.73. The highest BCUT2D eigenvalue weighted by molar-refractivity contribution is 6.33. The van der Waals surface area contributed by atoms with Gasteiger partial charge in [-0.15, -0.1) is 0 Å². The maximum atomic E-state index is 11.1. The highest BCUT2D eigenvalue weighted by atomic mass is 16.4. The number of benzene rings is 1. The summed E-state index contributed by atoms with van der Waals surface area (Å²) in [5.41, 5.74) is 1.60. The summed E-state index contributed by atoms with van der Waals surface area (Å²) in [5.74, 6) is -2.17. The summed E-state index contributed by atoms with van der Waals surface area (Å²) in [6.45, 7) is 0. The van der Waals surface area contributed by atoms with Crippen LogP contribution in [0.15, 0.2) is 24.3 Å². The van der Waals surface area contributed by atoms with Gasteiger partial charge in [-0.1, -0.05) is 18.2 Å². The van der Waals surface area contributed by atoms with Gasteiger partial charge in [-0.3, -0.25) is 4.79 Å². The van der Waals surface area contributed by atoms with E-state index in [-0.39, 0.29) is 6.42 Å². The number of para-hydroxylation sites is 1. The lowest BCUT2D eigenvalue weighted by Crippen LogP contribution is -2.18. The Morgan fingerprint density at radius 3 is 2.40 bits per heavy atom. The molecule has 0 bridgehead atoms. The molecule has 1 rings (SSSR count). The van der Waals surface area contributed by atoms with E-state index in [2.05, 4.69) is 0 Å². The van der Waals surface area contributed by atoms with Crippen molar-refractivity contribution in [2.24, 2.45) is 0 Å². The van der Waals surface area contributed by atoms with Crippen LogP contribution in [0.2, 0.25) is 0 Å². The second-order valence-electron chi connectivity index (χ2n) is 3.43. The minimum Gasteiger partial charge on any atom is -0.475 e.